The van der Waals surface area contributed by atoms with Crippen molar-refractivity contribution >= 4 is 17.3 Å². The molecule has 0 amide bonds. The third kappa shape index (κ3) is 5.48. The predicted octanol–water partition coefficient (Wildman–Crippen LogP) is 6.19. The van der Waals surface area contributed by atoms with Crippen molar-refractivity contribution in [1.82, 2.24) is 4.90 Å². The van der Waals surface area contributed by atoms with Gasteiger partial charge in [-0.15, -0.1) is 0 Å². The normalized spacial score (nSPS) is 21.0. The van der Waals surface area contributed by atoms with Gasteiger partial charge in [-0.05, 0) is 81.8 Å². The lowest BCUT2D eigenvalue weighted by Gasteiger charge is -2.49. The number of piperazine rings is 1. The molecule has 0 N–H and O–H groups in total. The molecule has 34 heavy (non-hydrogen) atoms. The maximum atomic E-state index is 6.25. The van der Waals surface area contributed by atoms with Crippen molar-refractivity contribution in [2.24, 2.45) is 0 Å². The Hall–Kier alpha value is -1.95. The molecule has 2 aromatic carbocycles. The number of rotatable bonds is 8. The summed E-state index contributed by atoms with van der Waals surface area (Å²) in [4.78, 5) is 5.22. The second kappa shape index (κ2) is 11.2. The summed E-state index contributed by atoms with van der Waals surface area (Å²) in [6.45, 7) is 12.8. The van der Waals surface area contributed by atoms with Crippen molar-refractivity contribution in [3.05, 3.63) is 52.0 Å². The quantitative estimate of drug-likeness (QED) is 0.416. The first-order valence-corrected chi connectivity index (χ1v) is 13.0. The molecule has 2 fully saturated rings. The zero-order chi connectivity index (χ0) is 24.2. The van der Waals surface area contributed by atoms with Gasteiger partial charge in [-0.3, -0.25) is 4.90 Å². The van der Waals surface area contributed by atoms with E-state index in [0.717, 1.165) is 31.1 Å². The molecule has 2 aliphatic rings. The Kier molecular flexibility index (Phi) is 8.28. The summed E-state index contributed by atoms with van der Waals surface area (Å²) in [5, 5.41) is 0.660. The lowest BCUT2D eigenvalue weighted by atomic mass is 9.86. The summed E-state index contributed by atoms with van der Waals surface area (Å²) in [5.74, 6) is 1.72. The van der Waals surface area contributed by atoms with Crippen molar-refractivity contribution in [3.63, 3.8) is 0 Å². The summed E-state index contributed by atoms with van der Waals surface area (Å²) >= 11 is 6.25. The number of hydrogen-bond donors (Lipinski definition) is 0. The fourth-order valence-corrected chi connectivity index (χ4v) is 5.63. The second-order valence-electron chi connectivity index (χ2n) is 9.77. The number of methoxy groups -OCH3 is 1. The molecule has 2 aliphatic heterocycles. The number of piperidine rings is 1. The SMILES string of the molecule is COc1cc(N2CCN3C(CCC[C@@H]3c3ccc(OCCOC(C)C)c(C)c3C)C2)ccc1Cl. The lowest BCUT2D eigenvalue weighted by Crippen LogP contribution is -2.56. The highest BCUT2D eigenvalue weighted by atomic mass is 35.5. The zero-order valence-corrected chi connectivity index (χ0v) is 22.0. The molecule has 0 bridgehead atoms. The summed E-state index contributed by atoms with van der Waals surface area (Å²) in [6.07, 6.45) is 3.95. The summed E-state index contributed by atoms with van der Waals surface area (Å²) in [7, 11) is 1.68. The molecule has 2 aromatic rings. The number of fused-ring (bicyclic) bond motifs is 1. The van der Waals surface area contributed by atoms with E-state index < -0.39 is 0 Å². The summed E-state index contributed by atoms with van der Waals surface area (Å²) in [6, 6.07) is 11.6. The van der Waals surface area contributed by atoms with E-state index in [4.69, 9.17) is 25.8 Å². The van der Waals surface area contributed by atoms with Crippen LogP contribution in [0.5, 0.6) is 11.5 Å². The van der Waals surface area contributed by atoms with Crippen LogP contribution in [0.1, 0.15) is 55.8 Å². The first-order valence-electron chi connectivity index (χ1n) is 12.6. The van der Waals surface area contributed by atoms with Gasteiger partial charge in [0.2, 0.25) is 0 Å². The molecule has 4 rings (SSSR count). The van der Waals surface area contributed by atoms with E-state index in [1.807, 2.05) is 19.9 Å². The average Bonchev–Trinajstić information content (AvgIpc) is 2.84. The first kappa shape index (κ1) is 25.2. The summed E-state index contributed by atoms with van der Waals surface area (Å²) in [5.41, 5.74) is 5.25. The second-order valence-corrected chi connectivity index (χ2v) is 10.2. The van der Waals surface area contributed by atoms with Crippen LogP contribution < -0.4 is 14.4 Å². The molecule has 0 radical (unpaired) electrons. The zero-order valence-electron chi connectivity index (χ0n) is 21.3. The monoisotopic (exact) mass is 486 g/mol. The van der Waals surface area contributed by atoms with Gasteiger partial charge in [-0.1, -0.05) is 17.7 Å². The van der Waals surface area contributed by atoms with Crippen LogP contribution in [0.15, 0.2) is 30.3 Å². The van der Waals surface area contributed by atoms with E-state index in [1.165, 1.54) is 41.6 Å². The molecular formula is C28H39ClN2O3. The fraction of sp³-hybridized carbons (Fsp3) is 0.571. The standard InChI is InChI=1S/C28H39ClN2O3/c1-19(2)33-15-16-34-27-12-10-24(20(3)21(27)4)26-8-6-7-23-18-30(13-14-31(23)26)22-9-11-25(29)28(17-22)32-5/h9-12,17,19,23,26H,6-8,13-16,18H2,1-5H3/t23?,26-/m1/s1. The van der Waals surface area contributed by atoms with E-state index in [2.05, 4.69) is 47.9 Å². The molecular weight excluding hydrogens is 448 g/mol. The number of halogens is 1. The molecule has 0 spiro atoms. The third-order valence-electron chi connectivity index (χ3n) is 7.37. The molecule has 6 heteroatoms. The average molecular weight is 487 g/mol. The van der Waals surface area contributed by atoms with Crippen LogP contribution in [0.25, 0.3) is 0 Å². The fourth-order valence-electron chi connectivity index (χ4n) is 5.43. The van der Waals surface area contributed by atoms with Crippen molar-refractivity contribution in [2.45, 2.75) is 65.1 Å². The first-order chi connectivity index (χ1) is 16.4. The van der Waals surface area contributed by atoms with E-state index in [-0.39, 0.29) is 6.10 Å². The van der Waals surface area contributed by atoms with Crippen LogP contribution >= 0.6 is 11.6 Å². The molecule has 2 saturated heterocycles. The Balaban J connectivity index is 1.45. The Morgan fingerprint density at radius 3 is 2.59 bits per heavy atom. The smallest absolute Gasteiger partial charge is 0.139 e. The van der Waals surface area contributed by atoms with Crippen LogP contribution in [-0.2, 0) is 4.74 Å². The molecule has 0 saturated carbocycles. The largest absolute Gasteiger partial charge is 0.495 e. The Morgan fingerprint density at radius 1 is 1.00 bits per heavy atom. The van der Waals surface area contributed by atoms with Crippen molar-refractivity contribution in [1.29, 1.82) is 0 Å². The van der Waals surface area contributed by atoms with Gasteiger partial charge in [0.25, 0.3) is 0 Å². The number of hydrogen-bond acceptors (Lipinski definition) is 5. The van der Waals surface area contributed by atoms with Gasteiger partial charge in [0.05, 0.1) is 24.8 Å². The van der Waals surface area contributed by atoms with Crippen LogP contribution in [0.2, 0.25) is 5.02 Å². The number of nitrogens with zero attached hydrogens (tertiary/aromatic N) is 2. The lowest BCUT2D eigenvalue weighted by molar-refractivity contribution is 0.0550. The Labute approximate surface area is 209 Å². The Morgan fingerprint density at radius 2 is 1.82 bits per heavy atom. The topological polar surface area (TPSA) is 34.2 Å². The van der Waals surface area contributed by atoms with E-state index in [1.54, 1.807) is 7.11 Å². The van der Waals surface area contributed by atoms with Crippen molar-refractivity contribution in [3.8, 4) is 11.5 Å². The van der Waals surface area contributed by atoms with Gasteiger partial charge in [0, 0.05) is 43.5 Å². The predicted molar refractivity (Wildman–Crippen MR) is 140 cm³/mol. The van der Waals surface area contributed by atoms with Crippen LogP contribution in [0, 0.1) is 13.8 Å². The minimum Gasteiger partial charge on any atom is -0.495 e. The van der Waals surface area contributed by atoms with E-state index in [9.17, 15) is 0 Å². The maximum Gasteiger partial charge on any atom is 0.139 e. The van der Waals surface area contributed by atoms with Crippen LogP contribution in [0.3, 0.4) is 0 Å². The van der Waals surface area contributed by atoms with Gasteiger partial charge in [0.1, 0.15) is 18.1 Å². The highest BCUT2D eigenvalue weighted by molar-refractivity contribution is 6.32. The van der Waals surface area contributed by atoms with Gasteiger partial charge >= 0.3 is 0 Å². The molecule has 5 nitrogen and oxygen atoms in total. The summed E-state index contributed by atoms with van der Waals surface area (Å²) < 4.78 is 17.1. The minimum atomic E-state index is 0.232. The molecule has 186 valence electrons. The molecule has 0 aromatic heterocycles. The van der Waals surface area contributed by atoms with Crippen LogP contribution in [-0.4, -0.2) is 57.0 Å². The van der Waals surface area contributed by atoms with Gasteiger partial charge in [0.15, 0.2) is 0 Å². The van der Waals surface area contributed by atoms with Crippen molar-refractivity contribution in [2.75, 3.05) is 44.9 Å². The van der Waals surface area contributed by atoms with Gasteiger partial charge < -0.3 is 19.1 Å². The van der Waals surface area contributed by atoms with Crippen molar-refractivity contribution < 1.29 is 14.2 Å². The highest BCUT2D eigenvalue weighted by Crippen LogP contribution is 2.40. The molecule has 2 atom stereocenters. The van der Waals surface area contributed by atoms with Crippen LogP contribution in [0.4, 0.5) is 5.69 Å². The van der Waals surface area contributed by atoms with E-state index in [0.29, 0.717) is 30.3 Å². The molecule has 1 unspecified atom stereocenters. The van der Waals surface area contributed by atoms with Gasteiger partial charge in [-0.25, -0.2) is 0 Å². The Bertz CT molecular complexity index is 980. The van der Waals surface area contributed by atoms with E-state index >= 15 is 0 Å². The third-order valence-corrected chi connectivity index (χ3v) is 7.69. The number of ether oxygens (including phenoxy) is 3. The molecule has 2 heterocycles. The maximum absolute atomic E-state index is 6.25. The highest BCUT2D eigenvalue weighted by Gasteiger charge is 2.36. The number of anilines is 1. The minimum absolute atomic E-state index is 0.232. The number of benzene rings is 2. The molecule has 0 aliphatic carbocycles. The van der Waals surface area contributed by atoms with Gasteiger partial charge in [-0.2, -0.15) is 0 Å².